The van der Waals surface area contributed by atoms with Gasteiger partial charge in [0, 0.05) is 49.3 Å². The molecule has 0 N–H and O–H groups in total. The highest BCUT2D eigenvalue weighted by atomic mass is 16.3. The first-order valence-electron chi connectivity index (χ1n) is 21.6. The SMILES string of the molecule is c1ccc(-c2cccc(-c3ccc(-c4cc(-n5c6ccccc6c6cc(-c7ccc8c(c7)c7ccccc7n8-c7ccccc7)ccc65)cc5c4oc4ccccc45)cc3)c2)cc1. The Balaban J connectivity index is 0.959. The van der Waals surface area contributed by atoms with Gasteiger partial charge in [0.25, 0.3) is 0 Å². The van der Waals surface area contributed by atoms with Gasteiger partial charge in [0.05, 0.1) is 22.1 Å². The minimum absolute atomic E-state index is 0.885. The standard InChI is InChI=1S/C60H38N2O/c1-3-14-39(15-4-1)42-16-13-17-43(34-42)40-26-28-41(29-27-40)51-37-47(38-54-50-22-9-12-25-59(50)63-60(51)54)62-56-24-11-8-21-49(56)53-36-45(31-33-58(53)62)44-30-32-57-52(35-44)48-20-7-10-23-55(48)61(57)46-18-5-2-6-19-46/h1-38H. The maximum absolute atomic E-state index is 6.70. The average Bonchev–Trinajstić information content (AvgIpc) is 4.02. The van der Waals surface area contributed by atoms with Crippen LogP contribution in [0.5, 0.6) is 0 Å². The van der Waals surface area contributed by atoms with Crippen LogP contribution in [0.25, 0.3) is 121 Å². The molecule has 294 valence electrons. The van der Waals surface area contributed by atoms with E-state index in [1.54, 1.807) is 0 Å². The van der Waals surface area contributed by atoms with Crippen LogP contribution in [0.4, 0.5) is 0 Å². The predicted molar refractivity (Wildman–Crippen MR) is 264 cm³/mol. The molecule has 0 saturated carbocycles. The summed E-state index contributed by atoms with van der Waals surface area (Å²) in [5, 5.41) is 7.14. The summed E-state index contributed by atoms with van der Waals surface area (Å²) in [5.41, 5.74) is 18.1. The molecule has 3 heteroatoms. The summed E-state index contributed by atoms with van der Waals surface area (Å²) in [7, 11) is 0. The lowest BCUT2D eigenvalue weighted by atomic mass is 9.96. The molecule has 0 radical (unpaired) electrons. The molecule has 0 aliphatic rings. The smallest absolute Gasteiger partial charge is 0.143 e. The Morgan fingerprint density at radius 1 is 0.254 bits per heavy atom. The lowest BCUT2D eigenvalue weighted by Gasteiger charge is -2.13. The van der Waals surface area contributed by atoms with Crippen LogP contribution in [0.1, 0.15) is 0 Å². The molecule has 0 aliphatic heterocycles. The highest BCUT2D eigenvalue weighted by molar-refractivity contribution is 6.14. The van der Waals surface area contributed by atoms with Gasteiger partial charge in [0.1, 0.15) is 11.2 Å². The number of furan rings is 1. The average molecular weight is 803 g/mol. The molecular weight excluding hydrogens is 765 g/mol. The fourth-order valence-electron chi connectivity index (χ4n) is 9.94. The summed E-state index contributed by atoms with van der Waals surface area (Å²) in [4.78, 5) is 0. The monoisotopic (exact) mass is 802 g/mol. The zero-order valence-electron chi connectivity index (χ0n) is 34.2. The molecule has 13 aromatic rings. The molecule has 0 spiro atoms. The van der Waals surface area contributed by atoms with Crippen LogP contribution < -0.4 is 0 Å². The molecular formula is C60H38N2O. The lowest BCUT2D eigenvalue weighted by Crippen LogP contribution is -1.95. The molecule has 13 rings (SSSR count). The van der Waals surface area contributed by atoms with E-state index in [1.165, 1.54) is 66.0 Å². The predicted octanol–water partition coefficient (Wildman–Crippen LogP) is 16.4. The first-order chi connectivity index (χ1) is 31.2. The second kappa shape index (κ2) is 14.1. The zero-order valence-corrected chi connectivity index (χ0v) is 34.2. The lowest BCUT2D eigenvalue weighted by molar-refractivity contribution is 0.670. The van der Waals surface area contributed by atoms with E-state index in [4.69, 9.17) is 4.42 Å². The molecule has 63 heavy (non-hydrogen) atoms. The van der Waals surface area contributed by atoms with Gasteiger partial charge in [-0.25, -0.2) is 0 Å². The van der Waals surface area contributed by atoms with E-state index in [2.05, 4.69) is 234 Å². The number of para-hydroxylation sites is 4. The van der Waals surface area contributed by atoms with E-state index in [0.29, 0.717) is 0 Å². The Morgan fingerprint density at radius 3 is 1.37 bits per heavy atom. The van der Waals surface area contributed by atoms with E-state index in [1.807, 2.05) is 6.07 Å². The van der Waals surface area contributed by atoms with Crippen LogP contribution in [0.3, 0.4) is 0 Å². The van der Waals surface area contributed by atoms with Crippen molar-refractivity contribution in [2.75, 3.05) is 0 Å². The molecule has 0 fully saturated rings. The van der Waals surface area contributed by atoms with Gasteiger partial charge in [-0.15, -0.1) is 0 Å². The quantitative estimate of drug-likeness (QED) is 0.164. The van der Waals surface area contributed by atoms with Crippen molar-refractivity contribution in [2.45, 2.75) is 0 Å². The van der Waals surface area contributed by atoms with Crippen LogP contribution >= 0.6 is 0 Å². The third-order valence-electron chi connectivity index (χ3n) is 12.9. The van der Waals surface area contributed by atoms with Crippen molar-refractivity contribution in [2.24, 2.45) is 0 Å². The van der Waals surface area contributed by atoms with Gasteiger partial charge in [0.15, 0.2) is 0 Å². The van der Waals surface area contributed by atoms with Crippen molar-refractivity contribution in [1.82, 2.24) is 9.13 Å². The van der Waals surface area contributed by atoms with Crippen LogP contribution in [0, 0.1) is 0 Å². The minimum atomic E-state index is 0.885. The Morgan fingerprint density at radius 2 is 0.714 bits per heavy atom. The Hall–Kier alpha value is -8.40. The molecule has 0 unspecified atom stereocenters. The Bertz CT molecular complexity index is 3890. The number of nitrogens with zero attached hydrogens (tertiary/aromatic N) is 2. The molecule has 0 aliphatic carbocycles. The first kappa shape index (κ1) is 35.4. The Kier molecular flexibility index (Phi) is 7.91. The van der Waals surface area contributed by atoms with Crippen molar-refractivity contribution in [3.63, 3.8) is 0 Å². The van der Waals surface area contributed by atoms with E-state index >= 15 is 0 Å². The number of hydrogen-bond donors (Lipinski definition) is 0. The molecule has 0 saturated heterocycles. The first-order valence-corrected chi connectivity index (χ1v) is 21.6. The maximum atomic E-state index is 6.70. The highest BCUT2D eigenvalue weighted by Gasteiger charge is 2.20. The van der Waals surface area contributed by atoms with Crippen LogP contribution in [0.2, 0.25) is 0 Å². The fourth-order valence-corrected chi connectivity index (χ4v) is 9.94. The van der Waals surface area contributed by atoms with Crippen molar-refractivity contribution in [3.8, 4) is 55.9 Å². The van der Waals surface area contributed by atoms with E-state index in [0.717, 1.165) is 55.5 Å². The summed E-state index contributed by atoms with van der Waals surface area (Å²) < 4.78 is 11.5. The third-order valence-corrected chi connectivity index (χ3v) is 12.9. The van der Waals surface area contributed by atoms with Crippen molar-refractivity contribution < 1.29 is 4.42 Å². The summed E-state index contributed by atoms with van der Waals surface area (Å²) in [6.07, 6.45) is 0. The summed E-state index contributed by atoms with van der Waals surface area (Å²) in [6, 6.07) is 83.4. The van der Waals surface area contributed by atoms with Crippen LogP contribution in [-0.4, -0.2) is 9.13 Å². The van der Waals surface area contributed by atoms with Gasteiger partial charge < -0.3 is 13.6 Å². The third kappa shape index (κ3) is 5.67. The normalized spacial score (nSPS) is 11.8. The van der Waals surface area contributed by atoms with E-state index in [9.17, 15) is 0 Å². The van der Waals surface area contributed by atoms with Gasteiger partial charge >= 0.3 is 0 Å². The molecule has 3 nitrogen and oxygen atoms in total. The molecule has 0 atom stereocenters. The summed E-state index contributed by atoms with van der Waals surface area (Å²) in [5.74, 6) is 0. The fraction of sp³-hybridized carbons (Fsp3) is 0. The van der Waals surface area contributed by atoms with Crippen molar-refractivity contribution in [1.29, 1.82) is 0 Å². The second-order valence-electron chi connectivity index (χ2n) is 16.5. The van der Waals surface area contributed by atoms with Gasteiger partial charge in [-0.1, -0.05) is 158 Å². The van der Waals surface area contributed by atoms with E-state index in [-0.39, 0.29) is 0 Å². The topological polar surface area (TPSA) is 23.0 Å². The number of fused-ring (bicyclic) bond motifs is 9. The molecule has 0 bridgehead atoms. The highest BCUT2D eigenvalue weighted by Crippen LogP contribution is 2.42. The molecule has 0 amide bonds. The number of rotatable bonds is 6. The van der Waals surface area contributed by atoms with Crippen molar-refractivity contribution >= 4 is 65.6 Å². The summed E-state index contributed by atoms with van der Waals surface area (Å²) in [6.45, 7) is 0. The van der Waals surface area contributed by atoms with E-state index < -0.39 is 0 Å². The van der Waals surface area contributed by atoms with Gasteiger partial charge in [-0.3, -0.25) is 0 Å². The molecule has 10 aromatic carbocycles. The number of aromatic nitrogens is 2. The van der Waals surface area contributed by atoms with Crippen LogP contribution in [0.15, 0.2) is 235 Å². The molecule has 3 heterocycles. The second-order valence-corrected chi connectivity index (χ2v) is 16.5. The number of benzene rings is 10. The summed E-state index contributed by atoms with van der Waals surface area (Å²) >= 11 is 0. The van der Waals surface area contributed by atoms with Gasteiger partial charge in [-0.05, 0) is 112 Å². The number of hydrogen-bond acceptors (Lipinski definition) is 1. The van der Waals surface area contributed by atoms with Crippen molar-refractivity contribution in [3.05, 3.63) is 231 Å². The largest absolute Gasteiger partial charge is 0.455 e. The van der Waals surface area contributed by atoms with Crippen LogP contribution in [-0.2, 0) is 0 Å². The zero-order chi connectivity index (χ0) is 41.4. The minimum Gasteiger partial charge on any atom is -0.455 e. The Labute approximate surface area is 363 Å². The van der Waals surface area contributed by atoms with Gasteiger partial charge in [-0.2, -0.15) is 0 Å². The maximum Gasteiger partial charge on any atom is 0.143 e. The molecule has 3 aromatic heterocycles. The van der Waals surface area contributed by atoms with Gasteiger partial charge in [0.2, 0.25) is 0 Å².